The highest BCUT2D eigenvalue weighted by molar-refractivity contribution is 5.47. The van der Waals surface area contributed by atoms with Gasteiger partial charge in [-0.3, -0.25) is 0 Å². The van der Waals surface area contributed by atoms with E-state index in [1.165, 1.54) is 5.56 Å². The van der Waals surface area contributed by atoms with Crippen LogP contribution in [0.4, 0.5) is 0 Å². The van der Waals surface area contributed by atoms with Crippen LogP contribution < -0.4 is 10.5 Å². The number of benzene rings is 1. The molecule has 4 nitrogen and oxygen atoms in total. The van der Waals surface area contributed by atoms with E-state index in [0.29, 0.717) is 6.54 Å². The molecule has 0 fully saturated rings. The van der Waals surface area contributed by atoms with Crippen LogP contribution in [0.1, 0.15) is 44.9 Å². The Hall–Kier alpha value is -1.10. The van der Waals surface area contributed by atoms with Gasteiger partial charge in [0.2, 0.25) is 0 Å². The van der Waals surface area contributed by atoms with Gasteiger partial charge in [-0.15, -0.1) is 0 Å². The van der Waals surface area contributed by atoms with Gasteiger partial charge in [0.15, 0.2) is 0 Å². The summed E-state index contributed by atoms with van der Waals surface area (Å²) in [5.74, 6) is 0.894. The molecule has 0 bridgehead atoms. The lowest BCUT2D eigenvalue weighted by Gasteiger charge is -2.25. The van der Waals surface area contributed by atoms with E-state index in [9.17, 15) is 5.11 Å². The normalized spacial score (nSPS) is 20.9. The van der Waals surface area contributed by atoms with Crippen molar-refractivity contribution in [3.8, 4) is 5.75 Å². The molecular formula is C16H25NO3. The van der Waals surface area contributed by atoms with E-state index in [1.54, 1.807) is 6.92 Å². The van der Waals surface area contributed by atoms with Gasteiger partial charge in [0.1, 0.15) is 11.4 Å². The van der Waals surface area contributed by atoms with Gasteiger partial charge in [-0.2, -0.15) is 0 Å². The number of para-hydroxylation sites is 1. The van der Waals surface area contributed by atoms with Gasteiger partial charge in [-0.05, 0) is 33.3 Å². The van der Waals surface area contributed by atoms with Crippen LogP contribution in [-0.4, -0.2) is 29.5 Å². The highest BCUT2D eigenvalue weighted by Gasteiger charge is 2.33. The number of rotatable bonds is 5. The van der Waals surface area contributed by atoms with Gasteiger partial charge in [-0.25, -0.2) is 0 Å². The largest absolute Gasteiger partial charge is 0.487 e. The minimum absolute atomic E-state index is 0.187. The van der Waals surface area contributed by atoms with Crippen LogP contribution in [0.3, 0.4) is 0 Å². The van der Waals surface area contributed by atoms with Crippen molar-refractivity contribution in [2.75, 3.05) is 6.54 Å². The van der Waals surface area contributed by atoms with Crippen molar-refractivity contribution in [2.24, 2.45) is 5.73 Å². The molecule has 1 aromatic carbocycles. The first-order valence-electron chi connectivity index (χ1n) is 7.18. The molecule has 1 heterocycles. The monoisotopic (exact) mass is 279 g/mol. The summed E-state index contributed by atoms with van der Waals surface area (Å²) in [6.07, 6.45) is -0.171. The first-order chi connectivity index (χ1) is 9.34. The predicted molar refractivity (Wildman–Crippen MR) is 78.9 cm³/mol. The Bertz CT molecular complexity index is 471. The highest BCUT2D eigenvalue weighted by atomic mass is 16.5. The second-order valence-corrected chi connectivity index (χ2v) is 6.18. The zero-order valence-electron chi connectivity index (χ0n) is 12.7. The Labute approximate surface area is 120 Å². The molecule has 0 amide bonds. The second-order valence-electron chi connectivity index (χ2n) is 6.18. The third kappa shape index (κ3) is 3.14. The van der Waals surface area contributed by atoms with Crippen LogP contribution in [0, 0.1) is 0 Å². The molecular weight excluding hydrogens is 254 g/mol. The van der Waals surface area contributed by atoms with E-state index in [0.717, 1.165) is 17.7 Å². The quantitative estimate of drug-likeness (QED) is 0.867. The maximum Gasteiger partial charge on any atom is 0.129 e. The molecule has 0 aliphatic carbocycles. The molecule has 3 atom stereocenters. The maximum atomic E-state index is 9.59. The molecule has 3 unspecified atom stereocenters. The Morgan fingerprint density at radius 2 is 2.10 bits per heavy atom. The first kappa shape index (κ1) is 15.3. The summed E-state index contributed by atoms with van der Waals surface area (Å²) in [6.45, 7) is 8.08. The molecule has 0 spiro atoms. The molecule has 0 radical (unpaired) electrons. The molecule has 20 heavy (non-hydrogen) atoms. The number of aliphatic hydroxyl groups is 1. The maximum absolute atomic E-state index is 9.59. The second kappa shape index (κ2) is 5.72. The van der Waals surface area contributed by atoms with Crippen LogP contribution in [0.25, 0.3) is 0 Å². The van der Waals surface area contributed by atoms with Gasteiger partial charge in [0.25, 0.3) is 0 Å². The van der Waals surface area contributed by atoms with Crippen LogP contribution in [0.2, 0.25) is 0 Å². The summed E-state index contributed by atoms with van der Waals surface area (Å²) < 4.78 is 11.9. The molecule has 3 N–H and O–H groups in total. The topological polar surface area (TPSA) is 64.7 Å². The lowest BCUT2D eigenvalue weighted by molar-refractivity contribution is -0.0602. The average Bonchev–Trinajstić information content (AvgIpc) is 2.69. The minimum Gasteiger partial charge on any atom is -0.487 e. The van der Waals surface area contributed by atoms with E-state index in [-0.39, 0.29) is 17.8 Å². The number of nitrogens with two attached hydrogens (primary N) is 1. The number of hydrogen-bond acceptors (Lipinski definition) is 4. The van der Waals surface area contributed by atoms with Gasteiger partial charge in [-0.1, -0.05) is 18.2 Å². The fraction of sp³-hybridized carbons (Fsp3) is 0.625. The Morgan fingerprint density at radius 3 is 2.70 bits per heavy atom. The zero-order chi connectivity index (χ0) is 14.9. The third-order valence-electron chi connectivity index (χ3n) is 3.74. The summed E-state index contributed by atoms with van der Waals surface area (Å²) >= 11 is 0. The molecule has 0 saturated carbocycles. The van der Waals surface area contributed by atoms with E-state index in [4.69, 9.17) is 15.2 Å². The van der Waals surface area contributed by atoms with Crippen molar-refractivity contribution in [3.63, 3.8) is 0 Å². The number of ether oxygens (including phenoxy) is 2. The summed E-state index contributed by atoms with van der Waals surface area (Å²) in [5.41, 5.74) is 7.83. The Balaban J connectivity index is 2.26. The molecule has 2 rings (SSSR count). The minimum atomic E-state index is -0.529. The lowest BCUT2D eigenvalue weighted by Crippen LogP contribution is -2.29. The van der Waals surface area contributed by atoms with Crippen molar-refractivity contribution < 1.29 is 14.6 Å². The fourth-order valence-electron chi connectivity index (χ4n) is 2.52. The molecule has 1 aliphatic rings. The fourth-order valence-corrected chi connectivity index (χ4v) is 2.52. The van der Waals surface area contributed by atoms with E-state index in [2.05, 4.69) is 19.9 Å². The highest BCUT2D eigenvalue weighted by Crippen LogP contribution is 2.40. The van der Waals surface area contributed by atoms with Crippen LogP contribution >= 0.6 is 0 Å². The van der Waals surface area contributed by atoms with E-state index < -0.39 is 6.10 Å². The SMILES string of the molecule is CC(O)C(C)OC(CN)c1cccc2c1OC(C)(C)C2. The van der Waals surface area contributed by atoms with Crippen molar-refractivity contribution >= 4 is 0 Å². The van der Waals surface area contributed by atoms with Crippen LogP contribution in [0.15, 0.2) is 18.2 Å². The summed E-state index contributed by atoms with van der Waals surface area (Å²) in [4.78, 5) is 0. The molecule has 0 saturated heterocycles. The number of aliphatic hydroxyl groups excluding tert-OH is 1. The summed E-state index contributed by atoms with van der Waals surface area (Å²) in [7, 11) is 0. The summed E-state index contributed by atoms with van der Waals surface area (Å²) in [6, 6.07) is 6.09. The Morgan fingerprint density at radius 1 is 1.40 bits per heavy atom. The van der Waals surface area contributed by atoms with E-state index in [1.807, 2.05) is 19.1 Å². The van der Waals surface area contributed by atoms with Crippen molar-refractivity contribution in [1.29, 1.82) is 0 Å². The third-order valence-corrected chi connectivity index (χ3v) is 3.74. The standard InChI is InChI=1S/C16H25NO3/c1-10(18)11(2)19-14(9-17)13-7-5-6-12-8-16(3,4)20-15(12)13/h5-7,10-11,14,18H,8-9,17H2,1-4H3. The van der Waals surface area contributed by atoms with Crippen molar-refractivity contribution in [2.45, 2.75) is 58.0 Å². The van der Waals surface area contributed by atoms with Gasteiger partial charge < -0.3 is 20.3 Å². The van der Waals surface area contributed by atoms with E-state index >= 15 is 0 Å². The molecule has 1 aliphatic heterocycles. The summed E-state index contributed by atoms with van der Waals surface area (Å²) in [5, 5.41) is 9.59. The first-order valence-corrected chi connectivity index (χ1v) is 7.18. The lowest BCUT2D eigenvalue weighted by atomic mass is 9.99. The molecule has 0 aromatic heterocycles. The molecule has 1 aromatic rings. The predicted octanol–water partition coefficient (Wildman–Crippen LogP) is 2.19. The zero-order valence-corrected chi connectivity index (χ0v) is 12.7. The van der Waals surface area contributed by atoms with Gasteiger partial charge >= 0.3 is 0 Å². The smallest absolute Gasteiger partial charge is 0.129 e. The number of hydrogen-bond donors (Lipinski definition) is 2. The van der Waals surface area contributed by atoms with Gasteiger partial charge in [0.05, 0.1) is 18.3 Å². The van der Waals surface area contributed by atoms with Crippen molar-refractivity contribution in [3.05, 3.63) is 29.3 Å². The van der Waals surface area contributed by atoms with Gasteiger partial charge in [0, 0.05) is 18.5 Å². The van der Waals surface area contributed by atoms with Crippen molar-refractivity contribution in [1.82, 2.24) is 0 Å². The molecule has 112 valence electrons. The number of fused-ring (bicyclic) bond motifs is 1. The van der Waals surface area contributed by atoms with Crippen LogP contribution in [0.5, 0.6) is 5.75 Å². The molecule has 4 heteroatoms. The average molecular weight is 279 g/mol. The Kier molecular flexibility index (Phi) is 4.37. The van der Waals surface area contributed by atoms with Crippen LogP contribution in [-0.2, 0) is 11.2 Å².